The van der Waals surface area contributed by atoms with Crippen molar-refractivity contribution in [1.82, 2.24) is 9.88 Å². The zero-order valence-corrected chi connectivity index (χ0v) is 17.6. The molecule has 156 valence electrons. The van der Waals surface area contributed by atoms with E-state index in [1.54, 1.807) is 6.20 Å². The highest BCUT2D eigenvalue weighted by Gasteiger charge is 2.51. The minimum atomic E-state index is -0.816. The van der Waals surface area contributed by atoms with Crippen LogP contribution in [0.15, 0.2) is 42.6 Å². The molecule has 1 aliphatic carbocycles. The number of aromatic nitrogens is 1. The Morgan fingerprint density at radius 1 is 1.13 bits per heavy atom. The maximum atomic E-state index is 13.4. The number of carbonyl (C=O) groups excluding carboxylic acids is 3. The van der Waals surface area contributed by atoms with Crippen molar-refractivity contribution < 1.29 is 14.4 Å². The van der Waals surface area contributed by atoms with Gasteiger partial charge in [-0.1, -0.05) is 32.1 Å². The average molecular weight is 405 g/mol. The van der Waals surface area contributed by atoms with Crippen LogP contribution >= 0.6 is 0 Å². The van der Waals surface area contributed by atoms with Gasteiger partial charge in [0.15, 0.2) is 0 Å². The van der Waals surface area contributed by atoms with E-state index in [1.807, 2.05) is 57.2 Å². The summed E-state index contributed by atoms with van der Waals surface area (Å²) >= 11 is 0. The maximum absolute atomic E-state index is 13.4. The summed E-state index contributed by atoms with van der Waals surface area (Å²) in [7, 11) is 0. The summed E-state index contributed by atoms with van der Waals surface area (Å²) < 4.78 is 0. The number of fused-ring (bicyclic) bond motifs is 2. The highest BCUT2D eigenvalue weighted by Crippen LogP contribution is 2.37. The van der Waals surface area contributed by atoms with Crippen molar-refractivity contribution in [2.45, 2.75) is 46.1 Å². The average Bonchev–Trinajstić information content (AvgIpc) is 2.99. The number of pyridine rings is 1. The van der Waals surface area contributed by atoms with Gasteiger partial charge in [-0.3, -0.25) is 24.3 Å². The fraction of sp³-hybridized carbons (Fsp3) is 0.417. The molecular formula is C24H27N3O3. The molecular weight excluding hydrogens is 378 g/mol. The van der Waals surface area contributed by atoms with Crippen LogP contribution in [0.2, 0.25) is 0 Å². The first kappa shape index (κ1) is 20.3. The summed E-state index contributed by atoms with van der Waals surface area (Å²) in [4.78, 5) is 45.2. The van der Waals surface area contributed by atoms with E-state index in [2.05, 4.69) is 10.3 Å². The van der Waals surface area contributed by atoms with Gasteiger partial charge in [0.25, 0.3) is 0 Å². The number of amides is 3. The van der Waals surface area contributed by atoms with Crippen molar-refractivity contribution in [3.8, 4) is 0 Å². The molecule has 1 saturated heterocycles. The first-order valence-electron chi connectivity index (χ1n) is 10.6. The van der Waals surface area contributed by atoms with Crippen molar-refractivity contribution in [2.75, 3.05) is 5.32 Å². The van der Waals surface area contributed by atoms with Gasteiger partial charge in [-0.15, -0.1) is 0 Å². The Hall–Kier alpha value is -3.02. The molecule has 0 saturated carbocycles. The summed E-state index contributed by atoms with van der Waals surface area (Å²) in [6.07, 6.45) is 7.20. The van der Waals surface area contributed by atoms with E-state index in [0.29, 0.717) is 24.9 Å². The van der Waals surface area contributed by atoms with Gasteiger partial charge < -0.3 is 5.32 Å². The molecule has 2 aromatic rings. The first-order chi connectivity index (χ1) is 14.4. The number of hydrogen-bond donors (Lipinski definition) is 1. The maximum Gasteiger partial charge on any atom is 0.247 e. The molecule has 6 heteroatoms. The van der Waals surface area contributed by atoms with Crippen molar-refractivity contribution in [3.63, 3.8) is 0 Å². The van der Waals surface area contributed by atoms with Gasteiger partial charge in [0.05, 0.1) is 23.0 Å². The Bertz CT molecular complexity index is 1020. The topological polar surface area (TPSA) is 79.4 Å². The molecule has 1 fully saturated rings. The van der Waals surface area contributed by atoms with Crippen LogP contribution in [0.4, 0.5) is 5.69 Å². The third-order valence-electron chi connectivity index (χ3n) is 6.08. The number of allylic oxidation sites excluding steroid dienone is 2. The number of rotatable bonds is 5. The molecule has 1 aromatic carbocycles. The molecule has 0 bridgehead atoms. The monoisotopic (exact) mass is 405 g/mol. The van der Waals surface area contributed by atoms with Crippen molar-refractivity contribution in [3.05, 3.63) is 48.2 Å². The lowest BCUT2D eigenvalue weighted by atomic mass is 9.85. The van der Waals surface area contributed by atoms with Crippen molar-refractivity contribution in [1.29, 1.82) is 0 Å². The number of aryl methyl sites for hydroxylation is 1. The van der Waals surface area contributed by atoms with Crippen LogP contribution in [0.25, 0.3) is 10.9 Å². The van der Waals surface area contributed by atoms with Gasteiger partial charge in [-0.25, -0.2) is 0 Å². The molecule has 1 N–H and O–H groups in total. The Morgan fingerprint density at radius 3 is 2.43 bits per heavy atom. The third-order valence-corrected chi connectivity index (χ3v) is 6.08. The Kier molecular flexibility index (Phi) is 5.41. The molecule has 3 amide bonds. The van der Waals surface area contributed by atoms with Crippen LogP contribution in [-0.4, -0.2) is 33.6 Å². The van der Waals surface area contributed by atoms with Gasteiger partial charge in [-0.2, -0.15) is 0 Å². The fourth-order valence-electron chi connectivity index (χ4n) is 4.55. The number of anilines is 1. The molecule has 2 aliphatic rings. The van der Waals surface area contributed by atoms with Crippen LogP contribution in [0.5, 0.6) is 0 Å². The summed E-state index contributed by atoms with van der Waals surface area (Å²) in [5.41, 5.74) is 2.48. The second kappa shape index (κ2) is 8.01. The summed E-state index contributed by atoms with van der Waals surface area (Å²) in [5, 5.41) is 3.82. The van der Waals surface area contributed by atoms with E-state index in [9.17, 15) is 14.4 Å². The third kappa shape index (κ3) is 3.51. The Balaban J connectivity index is 1.65. The van der Waals surface area contributed by atoms with E-state index >= 15 is 0 Å². The predicted octanol–water partition coefficient (Wildman–Crippen LogP) is 3.85. The zero-order chi connectivity index (χ0) is 21.4. The quantitative estimate of drug-likeness (QED) is 0.605. The van der Waals surface area contributed by atoms with Crippen LogP contribution in [0.3, 0.4) is 0 Å². The van der Waals surface area contributed by atoms with Gasteiger partial charge >= 0.3 is 0 Å². The highest BCUT2D eigenvalue weighted by atomic mass is 16.2. The van der Waals surface area contributed by atoms with Gasteiger partial charge in [0.2, 0.25) is 17.7 Å². The number of nitrogens with one attached hydrogen (secondary N) is 1. The summed E-state index contributed by atoms with van der Waals surface area (Å²) in [6.45, 7) is 5.95. The molecule has 4 rings (SSSR count). The molecule has 0 radical (unpaired) electrons. The van der Waals surface area contributed by atoms with E-state index in [0.717, 1.165) is 16.5 Å². The lowest BCUT2D eigenvalue weighted by Crippen LogP contribution is -2.48. The first-order valence-corrected chi connectivity index (χ1v) is 10.6. The van der Waals surface area contributed by atoms with Gasteiger partial charge in [0.1, 0.15) is 6.04 Å². The smallest absolute Gasteiger partial charge is 0.247 e. The standard InChI is InChI=1S/C24H27N3O3/c1-14(2)13-20(27-23(29)16-7-4-5-8-17(16)24(27)30)22(28)26-19-11-10-15(3)21-18(19)9-6-12-25-21/h4-6,9-12,14,16-17,20H,7-8,13H2,1-3H3,(H,26,28). The molecule has 1 aromatic heterocycles. The Morgan fingerprint density at radius 2 is 1.80 bits per heavy atom. The summed E-state index contributed by atoms with van der Waals surface area (Å²) in [5.74, 6) is -1.29. The highest BCUT2D eigenvalue weighted by molar-refractivity contribution is 6.11. The minimum absolute atomic E-state index is 0.151. The molecule has 3 unspecified atom stereocenters. The molecule has 30 heavy (non-hydrogen) atoms. The van der Waals surface area contributed by atoms with Crippen molar-refractivity contribution >= 4 is 34.3 Å². The van der Waals surface area contributed by atoms with E-state index < -0.39 is 6.04 Å². The predicted molar refractivity (Wildman–Crippen MR) is 116 cm³/mol. The molecule has 3 atom stereocenters. The van der Waals surface area contributed by atoms with E-state index in [-0.39, 0.29) is 35.5 Å². The van der Waals surface area contributed by atoms with E-state index in [1.165, 1.54) is 4.90 Å². The molecule has 1 aliphatic heterocycles. The normalized spacial score (nSPS) is 21.9. The number of benzene rings is 1. The van der Waals surface area contributed by atoms with Crippen LogP contribution < -0.4 is 5.32 Å². The number of likely N-dealkylation sites (tertiary alicyclic amines) is 1. The number of imide groups is 1. The number of hydrogen-bond acceptors (Lipinski definition) is 4. The fourth-order valence-corrected chi connectivity index (χ4v) is 4.55. The molecule has 6 nitrogen and oxygen atoms in total. The molecule has 0 spiro atoms. The van der Waals surface area contributed by atoms with Crippen molar-refractivity contribution in [2.24, 2.45) is 17.8 Å². The minimum Gasteiger partial charge on any atom is -0.324 e. The summed E-state index contributed by atoms with van der Waals surface area (Å²) in [6, 6.07) is 6.68. The van der Waals surface area contributed by atoms with Gasteiger partial charge in [0, 0.05) is 11.6 Å². The number of nitrogens with zero attached hydrogens (tertiary/aromatic N) is 2. The zero-order valence-electron chi connectivity index (χ0n) is 17.6. The van der Waals surface area contributed by atoms with Crippen LogP contribution in [0, 0.1) is 24.7 Å². The van der Waals surface area contributed by atoms with E-state index in [4.69, 9.17) is 0 Å². The second-order valence-corrected chi connectivity index (χ2v) is 8.67. The Labute approximate surface area is 176 Å². The van der Waals surface area contributed by atoms with Crippen LogP contribution in [-0.2, 0) is 14.4 Å². The van der Waals surface area contributed by atoms with Gasteiger partial charge in [-0.05, 0) is 55.9 Å². The SMILES string of the molecule is Cc1ccc(NC(=O)C(CC(C)C)N2C(=O)C3CC=CCC3C2=O)c2cccnc12. The number of carbonyl (C=O) groups is 3. The second-order valence-electron chi connectivity index (χ2n) is 8.67. The largest absolute Gasteiger partial charge is 0.324 e. The lowest BCUT2D eigenvalue weighted by molar-refractivity contribution is -0.147. The molecule has 2 heterocycles. The lowest BCUT2D eigenvalue weighted by Gasteiger charge is -2.27. The van der Waals surface area contributed by atoms with Crippen LogP contribution in [0.1, 0.15) is 38.7 Å².